The van der Waals surface area contributed by atoms with Crippen LogP contribution in [0, 0.1) is 0 Å². The number of methoxy groups -OCH3 is 1. The number of rotatable bonds is 4. The molecule has 0 aliphatic carbocycles. The van der Waals surface area contributed by atoms with Crippen molar-refractivity contribution in [3.8, 4) is 5.75 Å². The number of anilines is 1. The van der Waals surface area contributed by atoms with Crippen molar-refractivity contribution in [3.63, 3.8) is 0 Å². The molecular weight excluding hydrogens is 332 g/mol. The molecule has 6 nitrogen and oxygen atoms in total. The lowest BCUT2D eigenvalue weighted by Crippen LogP contribution is -2.02. The summed E-state index contributed by atoms with van der Waals surface area (Å²) >= 11 is 0. The van der Waals surface area contributed by atoms with Crippen LogP contribution < -0.4 is 10.5 Å². The first-order valence-electron chi connectivity index (χ1n) is 8.03. The molecule has 4 rings (SSSR count). The number of hydrogen-bond donors (Lipinski definition) is 1. The summed E-state index contributed by atoms with van der Waals surface area (Å²) in [6.07, 6.45) is 1.66. The van der Waals surface area contributed by atoms with Gasteiger partial charge in [-0.1, -0.05) is 30.3 Å². The van der Waals surface area contributed by atoms with Gasteiger partial charge in [-0.2, -0.15) is 0 Å². The Kier molecular flexibility index (Phi) is 3.93. The Bertz CT molecular complexity index is 1100. The maximum atomic E-state index is 11.8. The van der Waals surface area contributed by atoms with E-state index >= 15 is 0 Å². The molecule has 130 valence electrons. The zero-order valence-corrected chi connectivity index (χ0v) is 14.1. The minimum absolute atomic E-state index is 0.0353. The van der Waals surface area contributed by atoms with Gasteiger partial charge in [0, 0.05) is 11.6 Å². The third-order valence-electron chi connectivity index (χ3n) is 4.16. The molecule has 0 unspecified atom stereocenters. The lowest BCUT2D eigenvalue weighted by Gasteiger charge is -2.08. The van der Waals surface area contributed by atoms with Crippen LogP contribution in [-0.4, -0.2) is 18.1 Å². The van der Waals surface area contributed by atoms with Crippen LogP contribution in [-0.2, 0) is 11.3 Å². The molecule has 0 bridgehead atoms. The van der Waals surface area contributed by atoms with Gasteiger partial charge in [0.2, 0.25) is 11.5 Å². The standard InChI is InChI=1S/C20H16N2O4/c1-24-20(23)18-17(21)16-15-8-7-14(9-13(15)10-22-19(16)26-18)25-11-12-5-3-2-4-6-12/h2-10H,11,21H2,1H3. The number of fused-ring (bicyclic) bond motifs is 3. The van der Waals surface area contributed by atoms with E-state index in [0.717, 1.165) is 22.1 Å². The minimum Gasteiger partial charge on any atom is -0.489 e. The van der Waals surface area contributed by atoms with Crippen LogP contribution in [0.5, 0.6) is 5.75 Å². The summed E-state index contributed by atoms with van der Waals surface area (Å²) in [5, 5.41) is 2.27. The van der Waals surface area contributed by atoms with E-state index in [-0.39, 0.29) is 11.4 Å². The predicted molar refractivity (Wildman–Crippen MR) is 98.0 cm³/mol. The molecule has 0 spiro atoms. The maximum absolute atomic E-state index is 11.8. The van der Waals surface area contributed by atoms with Crippen molar-refractivity contribution in [2.45, 2.75) is 6.61 Å². The van der Waals surface area contributed by atoms with Crippen LogP contribution in [0.4, 0.5) is 5.69 Å². The molecule has 6 heteroatoms. The first kappa shape index (κ1) is 16.0. The molecule has 0 fully saturated rings. The van der Waals surface area contributed by atoms with Gasteiger partial charge in [-0.05, 0) is 29.1 Å². The van der Waals surface area contributed by atoms with Gasteiger partial charge in [-0.3, -0.25) is 0 Å². The van der Waals surface area contributed by atoms with E-state index in [9.17, 15) is 4.79 Å². The number of nitrogen functional groups attached to an aromatic ring is 1. The second kappa shape index (κ2) is 6.40. The lowest BCUT2D eigenvalue weighted by atomic mass is 10.1. The van der Waals surface area contributed by atoms with Gasteiger partial charge in [0.25, 0.3) is 0 Å². The maximum Gasteiger partial charge on any atom is 0.376 e. The van der Waals surface area contributed by atoms with Crippen LogP contribution in [0.2, 0.25) is 0 Å². The van der Waals surface area contributed by atoms with Crippen LogP contribution >= 0.6 is 0 Å². The Balaban J connectivity index is 1.71. The summed E-state index contributed by atoms with van der Waals surface area (Å²) in [7, 11) is 1.27. The number of carbonyl (C=O) groups is 1. The second-order valence-electron chi connectivity index (χ2n) is 5.80. The number of nitrogens with zero attached hydrogens (tertiary/aromatic N) is 1. The molecule has 2 N–H and O–H groups in total. The van der Waals surface area contributed by atoms with E-state index in [0.29, 0.717) is 17.7 Å². The topological polar surface area (TPSA) is 87.6 Å². The van der Waals surface area contributed by atoms with Crippen molar-refractivity contribution in [3.05, 3.63) is 66.1 Å². The fourth-order valence-electron chi connectivity index (χ4n) is 2.86. The summed E-state index contributed by atoms with van der Waals surface area (Å²) in [6, 6.07) is 15.5. The number of carbonyl (C=O) groups excluding carboxylic acids is 1. The molecule has 0 saturated heterocycles. The number of esters is 1. The van der Waals surface area contributed by atoms with E-state index < -0.39 is 5.97 Å². The zero-order valence-electron chi connectivity index (χ0n) is 14.1. The van der Waals surface area contributed by atoms with Crippen molar-refractivity contribution >= 4 is 33.5 Å². The SMILES string of the molecule is COC(=O)c1oc2ncc3cc(OCc4ccccc4)ccc3c2c1N. The van der Waals surface area contributed by atoms with Crippen molar-refractivity contribution in [2.24, 2.45) is 0 Å². The highest BCUT2D eigenvalue weighted by molar-refractivity contribution is 6.14. The van der Waals surface area contributed by atoms with Crippen LogP contribution in [0.15, 0.2) is 59.1 Å². The van der Waals surface area contributed by atoms with Crippen LogP contribution in [0.3, 0.4) is 0 Å². The lowest BCUT2D eigenvalue weighted by molar-refractivity contribution is 0.0569. The molecule has 0 aliphatic rings. The third-order valence-corrected chi connectivity index (χ3v) is 4.16. The molecule has 0 radical (unpaired) electrons. The van der Waals surface area contributed by atoms with Crippen molar-refractivity contribution in [2.75, 3.05) is 12.8 Å². The van der Waals surface area contributed by atoms with E-state index in [1.165, 1.54) is 7.11 Å². The quantitative estimate of drug-likeness (QED) is 0.562. The molecule has 0 saturated carbocycles. The van der Waals surface area contributed by atoms with E-state index in [1.807, 2.05) is 48.5 Å². The largest absolute Gasteiger partial charge is 0.489 e. The molecule has 4 aromatic rings. The van der Waals surface area contributed by atoms with Crippen LogP contribution in [0.1, 0.15) is 16.1 Å². The number of ether oxygens (including phenoxy) is 2. The molecular formula is C20H16N2O4. The van der Waals surface area contributed by atoms with E-state index in [2.05, 4.69) is 4.98 Å². The molecule has 2 aromatic heterocycles. The van der Waals surface area contributed by atoms with Crippen molar-refractivity contribution in [1.29, 1.82) is 0 Å². The van der Waals surface area contributed by atoms with Gasteiger partial charge in [0.15, 0.2) is 0 Å². The number of benzene rings is 2. The Morgan fingerprint density at radius 1 is 1.19 bits per heavy atom. The summed E-state index contributed by atoms with van der Waals surface area (Å²) in [4.78, 5) is 16.0. The Morgan fingerprint density at radius 3 is 2.77 bits per heavy atom. The minimum atomic E-state index is -0.628. The van der Waals surface area contributed by atoms with Gasteiger partial charge in [0.05, 0.1) is 18.2 Å². The normalized spacial score (nSPS) is 11.0. The Labute approximate surface area is 149 Å². The first-order chi connectivity index (χ1) is 12.7. The number of nitrogens with two attached hydrogens (primary N) is 1. The number of furan rings is 1. The first-order valence-corrected chi connectivity index (χ1v) is 8.03. The molecule has 2 aromatic carbocycles. The smallest absolute Gasteiger partial charge is 0.376 e. The van der Waals surface area contributed by atoms with Crippen LogP contribution in [0.25, 0.3) is 21.9 Å². The molecule has 0 amide bonds. The van der Waals surface area contributed by atoms with Gasteiger partial charge in [0.1, 0.15) is 12.4 Å². The molecule has 0 aliphatic heterocycles. The number of hydrogen-bond acceptors (Lipinski definition) is 6. The fourth-order valence-corrected chi connectivity index (χ4v) is 2.86. The summed E-state index contributed by atoms with van der Waals surface area (Å²) in [5.74, 6) is 0.0566. The molecule has 0 atom stereocenters. The Morgan fingerprint density at radius 2 is 2.00 bits per heavy atom. The van der Waals surface area contributed by atoms with E-state index in [1.54, 1.807) is 6.20 Å². The van der Waals surface area contributed by atoms with Crippen molar-refractivity contribution < 1.29 is 18.7 Å². The third kappa shape index (κ3) is 2.71. The monoisotopic (exact) mass is 348 g/mol. The average Bonchev–Trinajstić information content (AvgIpc) is 3.03. The van der Waals surface area contributed by atoms with Gasteiger partial charge in [-0.25, -0.2) is 9.78 Å². The number of pyridine rings is 1. The van der Waals surface area contributed by atoms with Gasteiger partial charge in [-0.15, -0.1) is 0 Å². The highest BCUT2D eigenvalue weighted by Crippen LogP contribution is 2.34. The highest BCUT2D eigenvalue weighted by Gasteiger charge is 2.21. The molecule has 2 heterocycles. The summed E-state index contributed by atoms with van der Waals surface area (Å²) in [6.45, 7) is 0.475. The molecule has 26 heavy (non-hydrogen) atoms. The average molecular weight is 348 g/mol. The van der Waals surface area contributed by atoms with Crippen molar-refractivity contribution in [1.82, 2.24) is 4.98 Å². The second-order valence-corrected chi connectivity index (χ2v) is 5.80. The highest BCUT2D eigenvalue weighted by atomic mass is 16.5. The Hall–Kier alpha value is -3.54. The van der Waals surface area contributed by atoms with E-state index in [4.69, 9.17) is 19.6 Å². The fraction of sp³-hybridized carbons (Fsp3) is 0.100. The van der Waals surface area contributed by atoms with Gasteiger partial charge >= 0.3 is 5.97 Å². The number of aromatic nitrogens is 1. The summed E-state index contributed by atoms with van der Waals surface area (Å²) in [5.41, 5.74) is 7.70. The summed E-state index contributed by atoms with van der Waals surface area (Å²) < 4.78 is 16.0. The predicted octanol–water partition coefficient (Wildman–Crippen LogP) is 3.93. The zero-order chi connectivity index (χ0) is 18.1. The van der Waals surface area contributed by atoms with Gasteiger partial charge < -0.3 is 19.6 Å².